The summed E-state index contributed by atoms with van der Waals surface area (Å²) in [6, 6.07) is 23.7. The monoisotopic (exact) mass is 385 g/mol. The molecule has 3 aromatic rings. The van der Waals surface area contributed by atoms with Gasteiger partial charge >= 0.3 is 147 Å². The zero-order chi connectivity index (χ0) is 16.8. The fourth-order valence-corrected chi connectivity index (χ4v) is 4.36. The van der Waals surface area contributed by atoms with Crippen LogP contribution in [0.1, 0.15) is 15.9 Å². The maximum atomic E-state index is 13.0. The molecule has 4 heteroatoms. The van der Waals surface area contributed by atoms with E-state index in [1.807, 2.05) is 42.5 Å². The van der Waals surface area contributed by atoms with Gasteiger partial charge in [0.15, 0.2) is 0 Å². The van der Waals surface area contributed by atoms with Crippen molar-refractivity contribution in [3.63, 3.8) is 0 Å². The molecule has 120 valence electrons. The Morgan fingerprint density at radius 2 is 1.54 bits per heavy atom. The number of anilines is 1. The Morgan fingerprint density at radius 3 is 2.29 bits per heavy atom. The van der Waals surface area contributed by atoms with Gasteiger partial charge in [0.05, 0.1) is 0 Å². The molecule has 0 radical (unpaired) electrons. The third kappa shape index (κ3) is 4.31. The van der Waals surface area contributed by atoms with Crippen LogP contribution in [0.2, 0.25) is 0 Å². The molecule has 0 unspecified atom stereocenters. The molecule has 0 aliphatic carbocycles. The van der Waals surface area contributed by atoms with Crippen LogP contribution in [0.25, 0.3) is 0 Å². The Bertz CT molecular complexity index is 819. The zero-order valence-corrected chi connectivity index (χ0v) is 14.6. The average molecular weight is 384 g/mol. The van der Waals surface area contributed by atoms with Crippen LogP contribution in [0.4, 0.5) is 10.1 Å². The first-order valence-electron chi connectivity index (χ1n) is 7.55. The summed E-state index contributed by atoms with van der Waals surface area (Å²) < 4.78 is 14.0. The van der Waals surface area contributed by atoms with Gasteiger partial charge in [0.1, 0.15) is 0 Å². The SMILES string of the molecule is O=C(Nc1ccc(F)cc1)c1ccccc1[Se]Cc1ccccc1. The van der Waals surface area contributed by atoms with Crippen molar-refractivity contribution in [1.29, 1.82) is 0 Å². The molecule has 0 saturated heterocycles. The molecule has 3 rings (SSSR count). The fourth-order valence-electron chi connectivity index (χ4n) is 2.25. The van der Waals surface area contributed by atoms with Gasteiger partial charge in [0.2, 0.25) is 0 Å². The summed E-state index contributed by atoms with van der Waals surface area (Å²) in [4.78, 5) is 12.5. The molecule has 0 spiro atoms. The van der Waals surface area contributed by atoms with Gasteiger partial charge < -0.3 is 0 Å². The van der Waals surface area contributed by atoms with Crippen molar-refractivity contribution in [2.75, 3.05) is 5.32 Å². The third-order valence-electron chi connectivity index (χ3n) is 3.47. The minimum absolute atomic E-state index is 0.160. The van der Waals surface area contributed by atoms with Gasteiger partial charge in [-0.05, 0) is 0 Å². The van der Waals surface area contributed by atoms with E-state index in [0.29, 0.717) is 11.3 Å². The van der Waals surface area contributed by atoms with Crippen LogP contribution in [0.3, 0.4) is 0 Å². The van der Waals surface area contributed by atoms with Crippen molar-refractivity contribution < 1.29 is 9.18 Å². The molecule has 1 N–H and O–H groups in total. The van der Waals surface area contributed by atoms with Crippen LogP contribution >= 0.6 is 0 Å². The van der Waals surface area contributed by atoms with Gasteiger partial charge in [-0.3, -0.25) is 0 Å². The molecular formula is C20H16FNOSe. The first-order valence-corrected chi connectivity index (χ1v) is 9.62. The second-order valence-electron chi connectivity index (χ2n) is 5.23. The van der Waals surface area contributed by atoms with Crippen LogP contribution in [-0.2, 0) is 5.32 Å². The molecule has 0 bridgehead atoms. The van der Waals surface area contributed by atoms with Gasteiger partial charge in [-0.1, -0.05) is 0 Å². The molecule has 0 saturated carbocycles. The minimum atomic E-state index is -0.320. The number of halogens is 1. The summed E-state index contributed by atoms with van der Waals surface area (Å²) in [5, 5.41) is 3.77. The van der Waals surface area contributed by atoms with Crippen molar-refractivity contribution in [3.05, 3.63) is 95.8 Å². The van der Waals surface area contributed by atoms with Crippen molar-refractivity contribution in [2.24, 2.45) is 0 Å². The molecule has 0 aromatic heterocycles. The fraction of sp³-hybridized carbons (Fsp3) is 0.0500. The van der Waals surface area contributed by atoms with Crippen molar-refractivity contribution in [2.45, 2.75) is 5.32 Å². The Hall–Kier alpha value is -2.42. The number of hydrogen-bond acceptors (Lipinski definition) is 1. The zero-order valence-electron chi connectivity index (χ0n) is 12.9. The normalized spacial score (nSPS) is 10.4. The second kappa shape index (κ2) is 7.91. The summed E-state index contributed by atoms with van der Waals surface area (Å²) >= 11 is 0.165. The predicted octanol–water partition coefficient (Wildman–Crippen LogP) is 3.61. The standard InChI is InChI=1S/C20H16FNOSe/c21-16-10-12-17(13-11-16)22-20(23)18-8-4-5-9-19(18)24-14-15-6-2-1-3-7-15/h1-13H,14H2,(H,22,23). The van der Waals surface area contributed by atoms with E-state index >= 15 is 0 Å². The van der Waals surface area contributed by atoms with Crippen molar-refractivity contribution >= 4 is 31.0 Å². The number of carbonyl (C=O) groups excluding carboxylic acids is 1. The molecule has 3 aromatic carbocycles. The van der Waals surface area contributed by atoms with Crippen LogP contribution in [0.15, 0.2) is 78.9 Å². The van der Waals surface area contributed by atoms with Gasteiger partial charge in [-0.2, -0.15) is 0 Å². The number of amides is 1. The van der Waals surface area contributed by atoms with E-state index in [-0.39, 0.29) is 26.7 Å². The van der Waals surface area contributed by atoms with E-state index < -0.39 is 0 Å². The summed E-state index contributed by atoms with van der Waals surface area (Å²) in [6.45, 7) is 0. The summed E-state index contributed by atoms with van der Waals surface area (Å²) in [5.74, 6) is -0.480. The third-order valence-corrected chi connectivity index (χ3v) is 5.87. The van der Waals surface area contributed by atoms with Crippen LogP contribution in [-0.4, -0.2) is 20.9 Å². The summed E-state index contributed by atoms with van der Waals surface area (Å²) in [6.07, 6.45) is 0. The van der Waals surface area contributed by atoms with E-state index in [4.69, 9.17) is 0 Å². The van der Waals surface area contributed by atoms with E-state index in [1.54, 1.807) is 12.1 Å². The quantitative estimate of drug-likeness (QED) is 0.669. The molecule has 0 aliphatic rings. The molecule has 24 heavy (non-hydrogen) atoms. The van der Waals surface area contributed by atoms with E-state index in [9.17, 15) is 9.18 Å². The maximum absolute atomic E-state index is 13.0. The molecule has 0 fully saturated rings. The van der Waals surface area contributed by atoms with Crippen LogP contribution in [0.5, 0.6) is 0 Å². The number of nitrogens with one attached hydrogen (secondary N) is 1. The average Bonchev–Trinajstić information content (AvgIpc) is 2.63. The number of rotatable bonds is 5. The van der Waals surface area contributed by atoms with Gasteiger partial charge in [0.25, 0.3) is 0 Å². The van der Waals surface area contributed by atoms with Crippen molar-refractivity contribution in [1.82, 2.24) is 0 Å². The topological polar surface area (TPSA) is 29.1 Å². The van der Waals surface area contributed by atoms with Crippen molar-refractivity contribution in [3.8, 4) is 0 Å². The van der Waals surface area contributed by atoms with E-state index in [0.717, 1.165) is 9.78 Å². The van der Waals surface area contributed by atoms with Crippen LogP contribution in [0, 0.1) is 5.82 Å². The Balaban J connectivity index is 1.73. The first kappa shape index (κ1) is 16.4. The first-order chi connectivity index (χ1) is 11.7. The summed E-state index contributed by atoms with van der Waals surface area (Å²) in [7, 11) is 0. The Morgan fingerprint density at radius 1 is 0.875 bits per heavy atom. The summed E-state index contributed by atoms with van der Waals surface area (Å²) in [5.41, 5.74) is 2.54. The molecule has 0 aliphatic heterocycles. The van der Waals surface area contributed by atoms with E-state index in [1.165, 1.54) is 17.7 Å². The number of carbonyl (C=O) groups is 1. The number of benzene rings is 3. The Labute approximate surface area is 146 Å². The number of hydrogen-bond donors (Lipinski definition) is 1. The predicted molar refractivity (Wildman–Crippen MR) is 96.3 cm³/mol. The molecule has 1 amide bonds. The van der Waals surface area contributed by atoms with Gasteiger partial charge in [0, 0.05) is 0 Å². The van der Waals surface area contributed by atoms with E-state index in [2.05, 4.69) is 17.4 Å². The van der Waals surface area contributed by atoms with Gasteiger partial charge in [-0.15, -0.1) is 0 Å². The molecule has 0 heterocycles. The van der Waals surface area contributed by atoms with Crippen LogP contribution < -0.4 is 9.78 Å². The van der Waals surface area contributed by atoms with Gasteiger partial charge in [-0.25, -0.2) is 0 Å². The second-order valence-corrected chi connectivity index (χ2v) is 7.37. The Kier molecular flexibility index (Phi) is 5.42. The molecular weight excluding hydrogens is 368 g/mol. The molecule has 2 nitrogen and oxygen atoms in total. The molecule has 0 atom stereocenters.